The highest BCUT2D eigenvalue weighted by Crippen LogP contribution is 2.49. The first-order chi connectivity index (χ1) is 74.4. The van der Waals surface area contributed by atoms with E-state index in [2.05, 4.69) is 607 Å². The molecular formula is C142H94N8. The lowest BCUT2D eigenvalue weighted by atomic mass is 9.95. The largest absolute Gasteiger partial charge is 0.311 e. The molecule has 0 bridgehead atoms. The summed E-state index contributed by atoms with van der Waals surface area (Å²) in [6, 6.07) is 208. The van der Waals surface area contributed by atoms with Crippen molar-refractivity contribution in [1.82, 2.24) is 27.4 Å². The molecule has 0 amide bonds. The lowest BCUT2D eigenvalue weighted by Crippen LogP contribution is -2.11. The fraction of sp³-hybridized carbons (Fsp3) is 0. The van der Waals surface area contributed by atoms with Crippen molar-refractivity contribution in [2.75, 3.05) is 9.80 Å². The molecule has 30 aromatic rings. The zero-order valence-corrected chi connectivity index (χ0v) is 81.8. The second kappa shape index (κ2) is 36.1. The van der Waals surface area contributed by atoms with Crippen LogP contribution >= 0.6 is 0 Å². The van der Waals surface area contributed by atoms with Gasteiger partial charge in [0.2, 0.25) is 0 Å². The highest BCUT2D eigenvalue weighted by Gasteiger charge is 2.26. The molecule has 0 spiro atoms. The molecule has 8 heteroatoms. The van der Waals surface area contributed by atoms with Crippen molar-refractivity contribution < 1.29 is 0 Å². The Kier molecular flexibility index (Phi) is 20.8. The molecule has 8 nitrogen and oxygen atoms in total. The van der Waals surface area contributed by atoms with Gasteiger partial charge in [-0.15, -0.1) is 0 Å². The number of benzene rings is 24. The van der Waals surface area contributed by atoms with Gasteiger partial charge in [-0.1, -0.05) is 346 Å². The van der Waals surface area contributed by atoms with Crippen LogP contribution in [0.1, 0.15) is 0 Å². The molecule has 0 atom stereocenters. The minimum Gasteiger partial charge on any atom is -0.311 e. The van der Waals surface area contributed by atoms with Crippen LogP contribution in [0.25, 0.3) is 231 Å². The van der Waals surface area contributed by atoms with E-state index in [0.717, 1.165) is 79.3 Å². The monoisotopic (exact) mass is 1910 g/mol. The Labute approximate surface area is 866 Å². The molecule has 30 rings (SSSR count). The van der Waals surface area contributed by atoms with E-state index in [1.54, 1.807) is 0 Å². The maximum absolute atomic E-state index is 2.42. The zero-order chi connectivity index (χ0) is 98.8. The van der Waals surface area contributed by atoms with Gasteiger partial charge < -0.3 is 37.2 Å². The standard InChI is InChI=1S/C72H48N4.C70H46N4/c1-2-14-55(15-3-1)74-71-25-13-8-20-65(71)66-48-54(36-47-72(66)74)53-28-26-49(27-29-53)50-30-37-56(38-31-50)73(58-43-45-60(46-44-58)76-69-23-11-6-18-63(69)64-19-7-12-24-70(64)76)57-39-32-51(33-40-57)52-34-41-59(42-35-52)75-67-21-9-4-16-61(67)62-17-5-10-22-68(62)75;1-2-16-50(17-3-1)72-68-29-15-10-24-62(68)63-46-49(34-44-70(63)72)55-43-45-69(57-19-5-4-18-56(55)57)71(52-39-41-54(42-40-52)74-66-27-13-8-22-60(66)61-23-9-14-28-67(61)74)51-35-30-47(31-36-51)48-32-37-53(38-33-48)73-64-25-11-6-20-58(64)59-21-7-12-26-65(59)73/h1-48H;1-46H. The smallest absolute Gasteiger partial charge is 0.0541 e. The number of rotatable bonds is 17. The molecular weight excluding hydrogens is 1820 g/mol. The van der Waals surface area contributed by atoms with E-state index in [1.165, 1.54) is 186 Å². The van der Waals surface area contributed by atoms with Gasteiger partial charge in [-0.25, -0.2) is 0 Å². The third-order valence-electron chi connectivity index (χ3n) is 30.7. The number of aromatic nitrogens is 6. The average molecular weight is 1910 g/mol. The number of nitrogens with zero attached hydrogens (tertiary/aromatic N) is 8. The second-order valence-electron chi connectivity index (χ2n) is 39.0. The molecule has 6 aromatic heterocycles. The summed E-state index contributed by atoms with van der Waals surface area (Å²) in [4.78, 5) is 4.79. The lowest BCUT2D eigenvalue weighted by Gasteiger charge is -2.28. The normalized spacial score (nSPS) is 11.7. The highest BCUT2D eigenvalue weighted by molar-refractivity contribution is 6.17. The van der Waals surface area contributed by atoms with Gasteiger partial charge in [-0.05, 0) is 285 Å². The Hall–Kier alpha value is -20.1. The van der Waals surface area contributed by atoms with Crippen LogP contribution in [0, 0.1) is 0 Å². The molecule has 0 aliphatic carbocycles. The summed E-state index contributed by atoms with van der Waals surface area (Å²) in [6.45, 7) is 0. The molecule has 702 valence electrons. The molecule has 0 radical (unpaired) electrons. The SMILES string of the molecule is c1ccc(-n2c3ccccc3c3cc(-c4ccc(-c5ccc(N(c6ccc(-c7ccc(-n8c9ccccc9c9ccccc98)cc7)cc6)c6ccc(-n7c8ccccc8c8ccccc87)cc6)cc5)cc4)ccc32)cc1.c1ccc(-n2c3ccccc3c3cc(-c4ccc(N(c5ccc(-c6ccc(-n7c8ccccc8c8ccccc87)cc6)cc5)c5ccc(-n6c7ccccc7c7ccccc76)cc5)c5ccccc45)ccc32)cc1. The van der Waals surface area contributed by atoms with E-state index in [4.69, 9.17) is 0 Å². The molecule has 0 fully saturated rings. The Morgan fingerprint density at radius 1 is 0.107 bits per heavy atom. The van der Waals surface area contributed by atoms with Gasteiger partial charge in [0, 0.05) is 133 Å². The number of para-hydroxylation sites is 12. The van der Waals surface area contributed by atoms with Gasteiger partial charge in [-0.2, -0.15) is 0 Å². The summed E-state index contributed by atoms with van der Waals surface area (Å²) in [7, 11) is 0. The highest BCUT2D eigenvalue weighted by atomic mass is 15.2. The minimum absolute atomic E-state index is 1.07. The first kappa shape index (κ1) is 86.6. The minimum atomic E-state index is 1.07. The summed E-state index contributed by atoms with van der Waals surface area (Å²) in [5, 5.41) is 17.4. The van der Waals surface area contributed by atoms with Gasteiger partial charge in [0.05, 0.1) is 71.9 Å². The lowest BCUT2D eigenvalue weighted by molar-refractivity contribution is 1.17. The Bertz CT molecular complexity index is 10300. The first-order valence-corrected chi connectivity index (χ1v) is 51.5. The van der Waals surface area contributed by atoms with Crippen LogP contribution in [0.3, 0.4) is 0 Å². The summed E-state index contributed by atoms with van der Waals surface area (Å²) in [6.07, 6.45) is 0. The van der Waals surface area contributed by atoms with Crippen molar-refractivity contribution in [2.45, 2.75) is 0 Å². The van der Waals surface area contributed by atoms with Crippen molar-refractivity contribution in [2.24, 2.45) is 0 Å². The average Bonchev–Trinajstić information content (AvgIpc) is 1.13. The first-order valence-electron chi connectivity index (χ1n) is 51.5. The molecule has 0 saturated heterocycles. The van der Waals surface area contributed by atoms with Crippen LogP contribution < -0.4 is 9.80 Å². The Balaban J connectivity index is 0.000000141. The fourth-order valence-corrected chi connectivity index (χ4v) is 23.8. The fourth-order valence-electron chi connectivity index (χ4n) is 23.8. The van der Waals surface area contributed by atoms with Crippen LogP contribution in [-0.4, -0.2) is 27.4 Å². The van der Waals surface area contributed by atoms with Crippen LogP contribution in [0.4, 0.5) is 34.1 Å². The Morgan fingerprint density at radius 3 is 0.573 bits per heavy atom. The van der Waals surface area contributed by atoms with Gasteiger partial charge in [0.15, 0.2) is 0 Å². The van der Waals surface area contributed by atoms with E-state index in [9.17, 15) is 0 Å². The number of anilines is 6. The van der Waals surface area contributed by atoms with Crippen LogP contribution in [-0.2, 0) is 0 Å². The van der Waals surface area contributed by atoms with Crippen molar-refractivity contribution in [3.8, 4) is 89.8 Å². The maximum atomic E-state index is 2.42. The predicted molar refractivity (Wildman–Crippen MR) is 633 cm³/mol. The molecule has 150 heavy (non-hydrogen) atoms. The molecule has 0 N–H and O–H groups in total. The van der Waals surface area contributed by atoms with E-state index in [0.29, 0.717) is 0 Å². The molecule has 0 saturated carbocycles. The van der Waals surface area contributed by atoms with Gasteiger partial charge >= 0.3 is 0 Å². The van der Waals surface area contributed by atoms with Crippen molar-refractivity contribution in [1.29, 1.82) is 0 Å². The van der Waals surface area contributed by atoms with Crippen molar-refractivity contribution in [3.05, 3.63) is 570 Å². The van der Waals surface area contributed by atoms with E-state index < -0.39 is 0 Å². The van der Waals surface area contributed by atoms with Gasteiger partial charge in [0.25, 0.3) is 0 Å². The van der Waals surface area contributed by atoms with E-state index in [1.807, 2.05) is 0 Å². The quantitative estimate of drug-likeness (QED) is 0.0911. The van der Waals surface area contributed by atoms with E-state index in [-0.39, 0.29) is 0 Å². The third kappa shape index (κ3) is 14.6. The van der Waals surface area contributed by atoms with Crippen LogP contribution in [0.15, 0.2) is 570 Å². The topological polar surface area (TPSA) is 36.1 Å². The number of fused-ring (bicyclic) bond motifs is 19. The van der Waals surface area contributed by atoms with Gasteiger partial charge in [-0.3, -0.25) is 0 Å². The van der Waals surface area contributed by atoms with E-state index >= 15 is 0 Å². The Morgan fingerprint density at radius 2 is 0.287 bits per heavy atom. The molecule has 6 heterocycles. The van der Waals surface area contributed by atoms with Crippen molar-refractivity contribution >= 4 is 176 Å². The van der Waals surface area contributed by atoms with Gasteiger partial charge in [0.1, 0.15) is 0 Å². The third-order valence-corrected chi connectivity index (χ3v) is 30.7. The summed E-state index contributed by atoms with van der Waals surface area (Å²) < 4.78 is 14.3. The molecule has 0 aliphatic heterocycles. The zero-order valence-electron chi connectivity index (χ0n) is 81.8. The molecule has 24 aromatic carbocycles. The number of hydrogen-bond donors (Lipinski definition) is 0. The van der Waals surface area contributed by atoms with Crippen LogP contribution in [0.5, 0.6) is 0 Å². The molecule has 0 aliphatic rings. The predicted octanol–water partition coefficient (Wildman–Crippen LogP) is 38.4. The summed E-state index contributed by atoms with van der Waals surface area (Å²) >= 11 is 0. The van der Waals surface area contributed by atoms with Crippen LogP contribution in [0.2, 0.25) is 0 Å². The summed E-state index contributed by atoms with van der Waals surface area (Å²) in [5.41, 5.74) is 39.6. The number of hydrogen-bond acceptors (Lipinski definition) is 2. The summed E-state index contributed by atoms with van der Waals surface area (Å²) in [5.74, 6) is 0. The molecule has 0 unspecified atom stereocenters. The maximum Gasteiger partial charge on any atom is 0.0541 e. The van der Waals surface area contributed by atoms with Crippen molar-refractivity contribution in [3.63, 3.8) is 0 Å². The second-order valence-corrected chi connectivity index (χ2v) is 39.0.